The highest BCUT2D eigenvalue weighted by atomic mass is 15.1. The van der Waals surface area contributed by atoms with Crippen molar-refractivity contribution in [3.8, 4) is 96.0 Å². The van der Waals surface area contributed by atoms with Gasteiger partial charge in [-0.3, -0.25) is 0 Å². The average Bonchev–Trinajstić information content (AvgIpc) is 3.73. The van der Waals surface area contributed by atoms with Gasteiger partial charge in [0.1, 0.15) is 0 Å². The zero-order valence-electron chi connectivity index (χ0n) is 41.8. The zero-order chi connectivity index (χ0) is 49.7. The third kappa shape index (κ3) is 8.47. The SMILES string of the molecule is Cc1cc(C)c(-c2ccc3c(c2)c2cc(-c4c(C)cc(C)cc4C)ccc2n3-c2ccc(-c3cc(-c4ccccc4)nc(-c4ccccc4)n3)cc2-c2nc(-c3ccccc3)nc(-c3ccccc3)n2)c(C)c1. The van der Waals surface area contributed by atoms with Crippen LogP contribution in [0.3, 0.4) is 0 Å². The lowest BCUT2D eigenvalue weighted by Crippen LogP contribution is -2.04. The summed E-state index contributed by atoms with van der Waals surface area (Å²) in [5.41, 5.74) is 22.7. The summed E-state index contributed by atoms with van der Waals surface area (Å²) in [7, 11) is 0. The monoisotopic (exact) mass is 940 g/mol. The highest BCUT2D eigenvalue weighted by Crippen LogP contribution is 2.43. The maximum absolute atomic E-state index is 5.39. The second-order valence-corrected chi connectivity index (χ2v) is 19.3. The van der Waals surface area contributed by atoms with Crippen LogP contribution in [0.15, 0.2) is 206 Å². The molecular formula is C67H52N6. The summed E-state index contributed by atoms with van der Waals surface area (Å²) in [6.07, 6.45) is 0. The van der Waals surface area contributed by atoms with Crippen molar-refractivity contribution in [2.75, 3.05) is 0 Å². The fourth-order valence-electron chi connectivity index (χ4n) is 10.9. The van der Waals surface area contributed by atoms with E-state index in [1.807, 2.05) is 72.8 Å². The van der Waals surface area contributed by atoms with Gasteiger partial charge in [0, 0.05) is 44.2 Å². The van der Waals surface area contributed by atoms with Crippen molar-refractivity contribution in [3.05, 3.63) is 240 Å². The Kier molecular flexibility index (Phi) is 11.5. The van der Waals surface area contributed by atoms with Crippen LogP contribution in [0, 0.1) is 41.5 Å². The molecule has 0 atom stereocenters. The van der Waals surface area contributed by atoms with Crippen molar-refractivity contribution in [2.24, 2.45) is 0 Å². The molecule has 0 aliphatic heterocycles. The Balaban J connectivity index is 1.16. The molecule has 0 N–H and O–H groups in total. The van der Waals surface area contributed by atoms with Gasteiger partial charge in [-0.15, -0.1) is 0 Å². The molecule has 9 aromatic carbocycles. The maximum atomic E-state index is 5.39. The highest BCUT2D eigenvalue weighted by molar-refractivity contribution is 6.12. The van der Waals surface area contributed by atoms with Gasteiger partial charge in [0.2, 0.25) is 0 Å². The molecule has 0 unspecified atom stereocenters. The molecule has 3 aromatic heterocycles. The predicted octanol–water partition coefficient (Wildman–Crippen LogP) is 16.9. The van der Waals surface area contributed by atoms with Crippen LogP contribution in [-0.2, 0) is 0 Å². The van der Waals surface area contributed by atoms with Crippen LogP contribution in [0.2, 0.25) is 0 Å². The highest BCUT2D eigenvalue weighted by Gasteiger charge is 2.23. The zero-order valence-corrected chi connectivity index (χ0v) is 41.8. The van der Waals surface area contributed by atoms with Crippen LogP contribution in [0.4, 0.5) is 0 Å². The third-order valence-corrected chi connectivity index (χ3v) is 14.0. The number of hydrogen-bond donors (Lipinski definition) is 0. The van der Waals surface area contributed by atoms with Crippen LogP contribution < -0.4 is 0 Å². The van der Waals surface area contributed by atoms with Crippen molar-refractivity contribution in [1.29, 1.82) is 0 Å². The average molecular weight is 941 g/mol. The summed E-state index contributed by atoms with van der Waals surface area (Å²) < 4.78 is 2.40. The molecule has 73 heavy (non-hydrogen) atoms. The van der Waals surface area contributed by atoms with Gasteiger partial charge in [0.25, 0.3) is 0 Å². The number of aryl methyl sites for hydroxylation is 6. The first-order valence-corrected chi connectivity index (χ1v) is 24.9. The van der Waals surface area contributed by atoms with E-state index in [9.17, 15) is 0 Å². The molecular weight excluding hydrogens is 889 g/mol. The largest absolute Gasteiger partial charge is 0.308 e. The van der Waals surface area contributed by atoms with E-state index < -0.39 is 0 Å². The van der Waals surface area contributed by atoms with E-state index in [2.05, 4.69) is 180 Å². The van der Waals surface area contributed by atoms with E-state index in [0.717, 1.165) is 72.3 Å². The lowest BCUT2D eigenvalue weighted by Gasteiger charge is -2.17. The van der Waals surface area contributed by atoms with E-state index in [1.165, 1.54) is 55.6 Å². The van der Waals surface area contributed by atoms with Gasteiger partial charge in [0.05, 0.1) is 28.1 Å². The summed E-state index contributed by atoms with van der Waals surface area (Å²) >= 11 is 0. The molecule has 0 saturated carbocycles. The standard InChI is InChI=1S/C67H52N6/c1-41-33-43(3)62(44(4)34-41)52-28-31-59-54(38-52)55-39-53(63-45(5)35-42(2)36-46(63)6)29-32-60(55)73(59)61-30-27-51(58-40-57(47-19-11-7-12-20-47)68-64(69-58)48-21-13-8-14-22-48)37-56(61)67-71-65(49-23-15-9-16-24-49)70-66(72-67)50-25-17-10-18-26-50/h7-40H,1-6H3. The lowest BCUT2D eigenvalue weighted by molar-refractivity contribution is 1.06. The van der Waals surface area contributed by atoms with E-state index in [4.69, 9.17) is 24.9 Å². The first-order valence-electron chi connectivity index (χ1n) is 24.9. The molecule has 350 valence electrons. The molecule has 0 aliphatic carbocycles. The Bertz CT molecular complexity index is 3790. The van der Waals surface area contributed by atoms with Gasteiger partial charge in [0.15, 0.2) is 23.3 Å². The molecule has 0 fully saturated rings. The van der Waals surface area contributed by atoms with Crippen molar-refractivity contribution in [3.63, 3.8) is 0 Å². The van der Waals surface area contributed by atoms with E-state index >= 15 is 0 Å². The summed E-state index contributed by atoms with van der Waals surface area (Å²) in [5, 5.41) is 2.32. The van der Waals surface area contributed by atoms with Crippen LogP contribution in [0.25, 0.3) is 118 Å². The molecule has 0 aliphatic rings. The molecule has 3 heterocycles. The van der Waals surface area contributed by atoms with Crippen LogP contribution >= 0.6 is 0 Å². The van der Waals surface area contributed by atoms with Crippen molar-refractivity contribution in [2.45, 2.75) is 41.5 Å². The van der Waals surface area contributed by atoms with Gasteiger partial charge in [-0.05, 0) is 129 Å². The first-order chi connectivity index (χ1) is 35.6. The quantitative estimate of drug-likeness (QED) is 0.144. The van der Waals surface area contributed by atoms with Gasteiger partial charge in [-0.2, -0.15) is 0 Å². The summed E-state index contributed by atoms with van der Waals surface area (Å²) in [6.45, 7) is 13.2. The predicted molar refractivity (Wildman–Crippen MR) is 302 cm³/mol. The molecule has 0 bridgehead atoms. The Morgan fingerprint density at radius 1 is 0.288 bits per heavy atom. The summed E-state index contributed by atoms with van der Waals surface area (Å²) in [5.74, 6) is 2.37. The minimum atomic E-state index is 0.547. The van der Waals surface area contributed by atoms with E-state index in [0.29, 0.717) is 23.3 Å². The molecule has 0 saturated heterocycles. The van der Waals surface area contributed by atoms with Crippen LogP contribution in [-0.4, -0.2) is 29.5 Å². The smallest absolute Gasteiger partial charge is 0.166 e. The van der Waals surface area contributed by atoms with Gasteiger partial charge in [-0.25, -0.2) is 24.9 Å². The van der Waals surface area contributed by atoms with Crippen molar-refractivity contribution >= 4 is 21.8 Å². The Morgan fingerprint density at radius 3 is 1.10 bits per heavy atom. The summed E-state index contributed by atoms with van der Waals surface area (Å²) in [6, 6.07) is 72.7. The Morgan fingerprint density at radius 2 is 0.658 bits per heavy atom. The number of hydrogen-bond acceptors (Lipinski definition) is 5. The first kappa shape index (κ1) is 45.0. The Labute approximate surface area is 426 Å². The van der Waals surface area contributed by atoms with Crippen molar-refractivity contribution < 1.29 is 0 Å². The Hall–Kier alpha value is -9.13. The fourth-order valence-corrected chi connectivity index (χ4v) is 10.9. The third-order valence-electron chi connectivity index (χ3n) is 14.0. The van der Waals surface area contributed by atoms with Gasteiger partial charge in [-0.1, -0.05) is 175 Å². The molecule has 6 nitrogen and oxygen atoms in total. The van der Waals surface area contributed by atoms with Gasteiger partial charge >= 0.3 is 0 Å². The lowest BCUT2D eigenvalue weighted by atomic mass is 9.91. The minimum Gasteiger partial charge on any atom is -0.308 e. The molecule has 12 aromatic rings. The summed E-state index contributed by atoms with van der Waals surface area (Å²) in [4.78, 5) is 26.3. The minimum absolute atomic E-state index is 0.547. The van der Waals surface area contributed by atoms with Gasteiger partial charge < -0.3 is 4.57 Å². The molecule has 12 rings (SSSR count). The number of benzene rings is 9. The second-order valence-electron chi connectivity index (χ2n) is 19.3. The normalized spacial score (nSPS) is 11.4. The topological polar surface area (TPSA) is 69.4 Å². The number of aromatic nitrogens is 6. The molecule has 0 amide bonds. The number of fused-ring (bicyclic) bond motifs is 3. The fraction of sp³-hybridized carbons (Fsp3) is 0.0896. The van der Waals surface area contributed by atoms with Crippen LogP contribution in [0.1, 0.15) is 33.4 Å². The van der Waals surface area contributed by atoms with E-state index in [-0.39, 0.29) is 0 Å². The van der Waals surface area contributed by atoms with Crippen molar-refractivity contribution in [1.82, 2.24) is 29.5 Å². The van der Waals surface area contributed by atoms with Crippen LogP contribution in [0.5, 0.6) is 0 Å². The maximum Gasteiger partial charge on any atom is 0.166 e. The molecule has 0 spiro atoms. The molecule has 0 radical (unpaired) electrons. The molecule has 6 heteroatoms. The van der Waals surface area contributed by atoms with E-state index in [1.54, 1.807) is 0 Å². The number of rotatable bonds is 9. The second kappa shape index (κ2) is 18.6. The number of nitrogens with zero attached hydrogens (tertiary/aromatic N) is 6.